The number of aliphatic carboxylic acids is 1. The van der Waals surface area contributed by atoms with E-state index in [2.05, 4.69) is 37.4 Å². The summed E-state index contributed by atoms with van der Waals surface area (Å²) in [7, 11) is 0. The highest BCUT2D eigenvalue weighted by atomic mass is 16.5. The molecule has 1 aliphatic carbocycles. The molecule has 0 atom stereocenters. The molecule has 0 aromatic heterocycles. The molecule has 0 spiro atoms. The van der Waals surface area contributed by atoms with E-state index in [-0.39, 0.29) is 11.8 Å². The Balaban J connectivity index is 1.49. The molecule has 6 heteroatoms. The Kier molecular flexibility index (Phi) is 7.57. The number of amides is 1. The van der Waals surface area contributed by atoms with Crippen molar-refractivity contribution in [2.75, 3.05) is 19.8 Å². The molecule has 2 fully saturated rings. The van der Waals surface area contributed by atoms with Gasteiger partial charge in [-0.05, 0) is 56.2 Å². The van der Waals surface area contributed by atoms with Crippen molar-refractivity contribution < 1.29 is 24.2 Å². The minimum absolute atomic E-state index is 0.251. The van der Waals surface area contributed by atoms with Crippen molar-refractivity contribution in [3.63, 3.8) is 0 Å². The van der Waals surface area contributed by atoms with Crippen LogP contribution < -0.4 is 10.1 Å². The number of ether oxygens (including phenoxy) is 2. The summed E-state index contributed by atoms with van der Waals surface area (Å²) in [4.78, 5) is 25.3. The third kappa shape index (κ3) is 5.44. The molecule has 0 unspecified atom stereocenters. The van der Waals surface area contributed by atoms with Crippen LogP contribution in [0.1, 0.15) is 72.0 Å². The molecule has 0 bridgehead atoms. The molecule has 1 saturated heterocycles. The maximum Gasteiger partial charge on any atom is 0.329 e. The lowest BCUT2D eigenvalue weighted by molar-refractivity contribution is -0.146. The van der Waals surface area contributed by atoms with Gasteiger partial charge in [0.1, 0.15) is 11.3 Å². The van der Waals surface area contributed by atoms with Crippen LogP contribution in [0.25, 0.3) is 0 Å². The Hall–Kier alpha value is -2.86. The van der Waals surface area contributed by atoms with Gasteiger partial charge in [-0.2, -0.15) is 0 Å². The lowest BCUT2D eigenvalue weighted by Gasteiger charge is -2.37. The Bertz CT molecular complexity index is 1020. The number of carbonyl (C=O) groups excluding carboxylic acids is 1. The van der Waals surface area contributed by atoms with E-state index in [4.69, 9.17) is 9.47 Å². The fourth-order valence-corrected chi connectivity index (χ4v) is 4.96. The zero-order valence-corrected chi connectivity index (χ0v) is 20.1. The smallest absolute Gasteiger partial charge is 0.329 e. The molecule has 182 valence electrons. The summed E-state index contributed by atoms with van der Waals surface area (Å²) in [5.41, 5.74) is 2.67. The van der Waals surface area contributed by atoms with Crippen LogP contribution in [0.15, 0.2) is 42.5 Å². The van der Waals surface area contributed by atoms with Gasteiger partial charge in [-0.25, -0.2) is 4.79 Å². The summed E-state index contributed by atoms with van der Waals surface area (Å²) in [6, 6.07) is 13.8. The van der Waals surface area contributed by atoms with Gasteiger partial charge in [0, 0.05) is 23.5 Å². The van der Waals surface area contributed by atoms with Crippen LogP contribution >= 0.6 is 0 Å². The molecule has 2 N–H and O–H groups in total. The summed E-state index contributed by atoms with van der Waals surface area (Å²) in [6.07, 6.45) is 4.36. The van der Waals surface area contributed by atoms with E-state index in [1.54, 1.807) is 12.1 Å². The molecule has 1 amide bonds. The third-order valence-electron chi connectivity index (χ3n) is 7.38. The molecule has 1 saturated carbocycles. The lowest BCUT2D eigenvalue weighted by atomic mass is 9.75. The van der Waals surface area contributed by atoms with Gasteiger partial charge in [-0.1, -0.05) is 49.2 Å². The number of hydrogen-bond acceptors (Lipinski definition) is 4. The van der Waals surface area contributed by atoms with Gasteiger partial charge < -0.3 is 19.9 Å². The number of carboxylic acids is 1. The van der Waals surface area contributed by atoms with Gasteiger partial charge >= 0.3 is 5.97 Å². The highest BCUT2D eigenvalue weighted by Crippen LogP contribution is 2.36. The van der Waals surface area contributed by atoms with Crippen LogP contribution in [0, 0.1) is 12.8 Å². The Labute approximate surface area is 201 Å². The van der Waals surface area contributed by atoms with E-state index in [0.29, 0.717) is 49.9 Å². The number of carboxylic acid groups (broad SMARTS) is 1. The molecule has 6 nitrogen and oxygen atoms in total. The zero-order chi connectivity index (χ0) is 24.1. The fourth-order valence-electron chi connectivity index (χ4n) is 4.96. The highest BCUT2D eigenvalue weighted by molar-refractivity contribution is 5.98. The van der Waals surface area contributed by atoms with Crippen LogP contribution in [-0.2, 0) is 16.0 Å². The van der Waals surface area contributed by atoms with Gasteiger partial charge in [-0.3, -0.25) is 4.79 Å². The molecule has 1 heterocycles. The number of benzene rings is 2. The standard InChI is InChI=1S/C28H35NO5/c1-3-20-9-12-28(13-10-20,27(31)32)29-26(30)22-7-8-24(23-17-33-18-23)25(16-22)34-14-11-21-6-4-5-19(2)15-21/h4-8,15-16,20,23H,3,9-14,17-18H2,1-2H3,(H,29,30)(H,31,32)/t20-,28-. The molecule has 34 heavy (non-hydrogen) atoms. The SMILES string of the molecule is CC[C@H]1CC[C@@](NC(=O)c2ccc(C3COC3)c(OCCc3cccc(C)c3)c2)(C(=O)O)CC1. The van der Waals surface area contributed by atoms with Crippen LogP contribution in [0.3, 0.4) is 0 Å². The van der Waals surface area contributed by atoms with E-state index in [1.165, 1.54) is 11.1 Å². The zero-order valence-electron chi connectivity index (χ0n) is 20.1. The molecule has 4 rings (SSSR count). The minimum Gasteiger partial charge on any atom is -0.493 e. The van der Waals surface area contributed by atoms with Crippen molar-refractivity contribution >= 4 is 11.9 Å². The van der Waals surface area contributed by atoms with E-state index >= 15 is 0 Å². The highest BCUT2D eigenvalue weighted by Gasteiger charge is 2.43. The molecule has 2 aliphatic rings. The first kappa shape index (κ1) is 24.3. The van der Waals surface area contributed by atoms with Crippen molar-refractivity contribution in [1.29, 1.82) is 0 Å². The summed E-state index contributed by atoms with van der Waals surface area (Å²) >= 11 is 0. The van der Waals surface area contributed by atoms with Crippen molar-refractivity contribution in [3.05, 3.63) is 64.7 Å². The Morgan fingerprint density at radius 1 is 1.15 bits per heavy atom. The van der Waals surface area contributed by atoms with Crippen LogP contribution in [0.2, 0.25) is 0 Å². The van der Waals surface area contributed by atoms with Gasteiger partial charge in [0.15, 0.2) is 0 Å². The molecule has 2 aromatic carbocycles. The Morgan fingerprint density at radius 3 is 2.53 bits per heavy atom. The summed E-state index contributed by atoms with van der Waals surface area (Å²) in [5, 5.41) is 12.8. The molecular weight excluding hydrogens is 430 g/mol. The number of aryl methyl sites for hydroxylation is 1. The molecule has 1 aliphatic heterocycles. The first-order chi connectivity index (χ1) is 16.4. The Morgan fingerprint density at radius 2 is 1.91 bits per heavy atom. The van der Waals surface area contributed by atoms with Crippen molar-refractivity contribution in [1.82, 2.24) is 5.32 Å². The van der Waals surface area contributed by atoms with Crippen LogP contribution in [-0.4, -0.2) is 42.3 Å². The van der Waals surface area contributed by atoms with E-state index in [0.717, 1.165) is 31.2 Å². The summed E-state index contributed by atoms with van der Waals surface area (Å²) in [5.74, 6) is 0.140. The topological polar surface area (TPSA) is 84.9 Å². The maximum absolute atomic E-state index is 13.2. The van der Waals surface area contributed by atoms with E-state index in [9.17, 15) is 14.7 Å². The monoisotopic (exact) mass is 465 g/mol. The van der Waals surface area contributed by atoms with Gasteiger partial charge in [0.05, 0.1) is 19.8 Å². The molecule has 2 aromatic rings. The molecular formula is C28H35NO5. The fraction of sp³-hybridized carbons (Fsp3) is 0.500. The first-order valence-electron chi connectivity index (χ1n) is 12.4. The van der Waals surface area contributed by atoms with E-state index < -0.39 is 11.5 Å². The number of hydrogen-bond donors (Lipinski definition) is 2. The second kappa shape index (κ2) is 10.6. The lowest BCUT2D eigenvalue weighted by Crippen LogP contribution is -2.56. The number of rotatable bonds is 9. The normalized spacial score (nSPS) is 22.6. The second-order valence-electron chi connectivity index (χ2n) is 9.77. The quantitative estimate of drug-likeness (QED) is 0.551. The predicted molar refractivity (Wildman–Crippen MR) is 130 cm³/mol. The van der Waals surface area contributed by atoms with E-state index in [1.807, 2.05) is 12.1 Å². The first-order valence-corrected chi connectivity index (χ1v) is 12.4. The maximum atomic E-state index is 13.2. The number of nitrogens with one attached hydrogen (secondary N) is 1. The van der Waals surface area contributed by atoms with Crippen molar-refractivity contribution in [3.8, 4) is 5.75 Å². The van der Waals surface area contributed by atoms with Gasteiger partial charge in [0.25, 0.3) is 5.91 Å². The van der Waals surface area contributed by atoms with Crippen molar-refractivity contribution in [2.24, 2.45) is 5.92 Å². The second-order valence-corrected chi connectivity index (χ2v) is 9.77. The average molecular weight is 466 g/mol. The average Bonchev–Trinajstić information content (AvgIpc) is 2.79. The van der Waals surface area contributed by atoms with Gasteiger partial charge in [0.2, 0.25) is 0 Å². The minimum atomic E-state index is -1.20. The molecule has 0 radical (unpaired) electrons. The van der Waals surface area contributed by atoms with Crippen LogP contribution in [0.4, 0.5) is 0 Å². The third-order valence-corrected chi connectivity index (χ3v) is 7.38. The van der Waals surface area contributed by atoms with Crippen LogP contribution in [0.5, 0.6) is 5.75 Å². The largest absolute Gasteiger partial charge is 0.493 e. The number of carbonyl (C=O) groups is 2. The van der Waals surface area contributed by atoms with Crippen molar-refractivity contribution in [2.45, 2.75) is 63.8 Å². The predicted octanol–water partition coefficient (Wildman–Crippen LogP) is 4.88. The summed E-state index contributed by atoms with van der Waals surface area (Å²) < 4.78 is 11.5. The summed E-state index contributed by atoms with van der Waals surface area (Å²) in [6.45, 7) is 5.97. The van der Waals surface area contributed by atoms with Gasteiger partial charge in [-0.15, -0.1) is 0 Å².